The van der Waals surface area contributed by atoms with Crippen LogP contribution >= 0.6 is 0 Å². The molecule has 5 nitrogen and oxygen atoms in total. The van der Waals surface area contributed by atoms with Crippen molar-refractivity contribution in [2.45, 2.75) is 19.9 Å². The molecule has 0 spiro atoms. The van der Waals surface area contributed by atoms with E-state index in [1.807, 2.05) is 0 Å². The van der Waals surface area contributed by atoms with E-state index >= 15 is 0 Å². The number of carbonyl (C=O) groups is 2. The number of hydrogen-bond acceptors (Lipinski definition) is 3. The summed E-state index contributed by atoms with van der Waals surface area (Å²) < 4.78 is 0. The van der Waals surface area contributed by atoms with Crippen LogP contribution in [0.3, 0.4) is 0 Å². The first kappa shape index (κ1) is 10.9. The zero-order valence-electron chi connectivity index (χ0n) is 7.20. The third kappa shape index (κ3) is 3.34. The highest BCUT2D eigenvalue weighted by Crippen LogP contribution is 1.92. The molecule has 0 saturated carbocycles. The van der Waals surface area contributed by atoms with E-state index in [1.54, 1.807) is 13.8 Å². The standard InChI is InChI=1S/C7H14N2O3/c1-4(2)7(12)9-5(3-10)6(8)11/h4-5,10H,3H2,1-2H3,(H2,8,11)(H,9,12). The molecule has 0 heterocycles. The molecule has 5 heteroatoms. The van der Waals surface area contributed by atoms with Crippen molar-refractivity contribution in [1.82, 2.24) is 5.32 Å². The van der Waals surface area contributed by atoms with E-state index in [0.717, 1.165) is 0 Å². The molecular formula is C7H14N2O3. The average molecular weight is 174 g/mol. The number of hydrogen-bond donors (Lipinski definition) is 3. The van der Waals surface area contributed by atoms with Gasteiger partial charge in [0.1, 0.15) is 6.04 Å². The van der Waals surface area contributed by atoms with Gasteiger partial charge in [0.25, 0.3) is 0 Å². The molecule has 0 radical (unpaired) electrons. The molecule has 1 unspecified atom stereocenters. The van der Waals surface area contributed by atoms with Gasteiger partial charge in [0, 0.05) is 5.92 Å². The van der Waals surface area contributed by atoms with E-state index in [9.17, 15) is 9.59 Å². The average Bonchev–Trinajstić information content (AvgIpc) is 1.98. The summed E-state index contributed by atoms with van der Waals surface area (Å²) in [6.07, 6.45) is 0. The van der Waals surface area contributed by atoms with Crippen molar-refractivity contribution in [3.05, 3.63) is 0 Å². The molecule has 0 aromatic rings. The topological polar surface area (TPSA) is 92.4 Å². The number of amides is 2. The summed E-state index contributed by atoms with van der Waals surface area (Å²) in [6, 6.07) is -0.972. The number of nitrogens with one attached hydrogen (secondary N) is 1. The van der Waals surface area contributed by atoms with Crippen molar-refractivity contribution in [3.63, 3.8) is 0 Å². The predicted molar refractivity (Wildman–Crippen MR) is 43.0 cm³/mol. The Labute approximate surface area is 70.9 Å². The summed E-state index contributed by atoms with van der Waals surface area (Å²) in [7, 11) is 0. The van der Waals surface area contributed by atoms with Crippen LogP contribution in [0, 0.1) is 5.92 Å². The minimum atomic E-state index is -0.972. The second-order valence-electron chi connectivity index (χ2n) is 2.80. The molecule has 12 heavy (non-hydrogen) atoms. The first-order valence-corrected chi connectivity index (χ1v) is 3.69. The van der Waals surface area contributed by atoms with Crippen molar-refractivity contribution in [2.24, 2.45) is 11.7 Å². The van der Waals surface area contributed by atoms with Crippen LogP contribution in [0.1, 0.15) is 13.8 Å². The molecule has 0 rings (SSSR count). The zero-order valence-corrected chi connectivity index (χ0v) is 7.20. The Bertz CT molecular complexity index is 179. The molecule has 0 aliphatic rings. The Morgan fingerprint density at radius 3 is 2.25 bits per heavy atom. The number of aliphatic hydroxyl groups is 1. The van der Waals surface area contributed by atoms with Crippen LogP contribution in [-0.4, -0.2) is 29.6 Å². The molecule has 4 N–H and O–H groups in total. The summed E-state index contributed by atoms with van der Waals surface area (Å²) in [6.45, 7) is 2.91. The second-order valence-corrected chi connectivity index (χ2v) is 2.80. The van der Waals surface area contributed by atoms with E-state index in [-0.39, 0.29) is 11.8 Å². The van der Waals surface area contributed by atoms with Gasteiger partial charge in [-0.1, -0.05) is 13.8 Å². The molecule has 0 saturated heterocycles. The van der Waals surface area contributed by atoms with Gasteiger partial charge in [-0.05, 0) is 0 Å². The molecule has 0 bridgehead atoms. The molecule has 0 aliphatic heterocycles. The highest BCUT2D eigenvalue weighted by Gasteiger charge is 2.17. The van der Waals surface area contributed by atoms with Crippen LogP contribution in [0.4, 0.5) is 0 Å². The van der Waals surface area contributed by atoms with Crippen LogP contribution < -0.4 is 11.1 Å². The second kappa shape index (κ2) is 4.71. The molecule has 0 aliphatic carbocycles. The highest BCUT2D eigenvalue weighted by molar-refractivity contribution is 5.87. The maximum atomic E-state index is 11.0. The number of aliphatic hydroxyl groups excluding tert-OH is 1. The van der Waals surface area contributed by atoms with Crippen molar-refractivity contribution < 1.29 is 14.7 Å². The van der Waals surface area contributed by atoms with E-state index in [4.69, 9.17) is 10.8 Å². The fourth-order valence-corrected chi connectivity index (χ4v) is 0.545. The quantitative estimate of drug-likeness (QED) is 0.489. The van der Waals surface area contributed by atoms with Crippen LogP contribution in [0.2, 0.25) is 0 Å². The molecule has 2 amide bonds. The lowest BCUT2D eigenvalue weighted by Crippen LogP contribution is -2.48. The van der Waals surface area contributed by atoms with Crippen LogP contribution in [0.5, 0.6) is 0 Å². The number of primary amides is 1. The minimum absolute atomic E-state index is 0.224. The Morgan fingerprint density at radius 1 is 1.50 bits per heavy atom. The molecule has 0 fully saturated rings. The predicted octanol–water partition coefficient (Wildman–Crippen LogP) is -1.40. The van der Waals surface area contributed by atoms with Crippen molar-refractivity contribution in [2.75, 3.05) is 6.61 Å². The van der Waals surface area contributed by atoms with Gasteiger partial charge < -0.3 is 16.2 Å². The van der Waals surface area contributed by atoms with E-state index in [0.29, 0.717) is 0 Å². The Balaban J connectivity index is 4.03. The number of carbonyl (C=O) groups excluding carboxylic acids is 2. The van der Waals surface area contributed by atoms with Crippen LogP contribution in [0.15, 0.2) is 0 Å². The lowest BCUT2D eigenvalue weighted by atomic mass is 10.2. The van der Waals surface area contributed by atoms with Gasteiger partial charge in [-0.25, -0.2) is 0 Å². The molecule has 1 atom stereocenters. The van der Waals surface area contributed by atoms with Gasteiger partial charge in [-0.2, -0.15) is 0 Å². The van der Waals surface area contributed by atoms with E-state index in [2.05, 4.69) is 5.32 Å². The van der Waals surface area contributed by atoms with Gasteiger partial charge >= 0.3 is 0 Å². The Kier molecular flexibility index (Phi) is 4.28. The summed E-state index contributed by atoms with van der Waals surface area (Å²) in [4.78, 5) is 21.5. The van der Waals surface area contributed by atoms with Crippen molar-refractivity contribution in [1.29, 1.82) is 0 Å². The lowest BCUT2D eigenvalue weighted by Gasteiger charge is -2.13. The maximum Gasteiger partial charge on any atom is 0.242 e. The van der Waals surface area contributed by atoms with Gasteiger partial charge in [0.2, 0.25) is 11.8 Å². The third-order valence-electron chi connectivity index (χ3n) is 1.37. The molecule has 0 aromatic carbocycles. The highest BCUT2D eigenvalue weighted by atomic mass is 16.3. The number of rotatable bonds is 4. The summed E-state index contributed by atoms with van der Waals surface area (Å²) >= 11 is 0. The fourth-order valence-electron chi connectivity index (χ4n) is 0.545. The maximum absolute atomic E-state index is 11.0. The first-order chi connectivity index (χ1) is 5.49. The van der Waals surface area contributed by atoms with Gasteiger partial charge in [0.05, 0.1) is 6.61 Å². The fraction of sp³-hybridized carbons (Fsp3) is 0.714. The first-order valence-electron chi connectivity index (χ1n) is 3.69. The largest absolute Gasteiger partial charge is 0.394 e. The van der Waals surface area contributed by atoms with Gasteiger partial charge in [-0.3, -0.25) is 9.59 Å². The van der Waals surface area contributed by atoms with E-state index in [1.165, 1.54) is 0 Å². The summed E-state index contributed by atoms with van der Waals surface area (Å²) in [5.74, 6) is -1.25. The van der Waals surface area contributed by atoms with Gasteiger partial charge in [-0.15, -0.1) is 0 Å². The zero-order chi connectivity index (χ0) is 9.72. The van der Waals surface area contributed by atoms with Crippen LogP contribution in [-0.2, 0) is 9.59 Å². The number of nitrogens with two attached hydrogens (primary N) is 1. The lowest BCUT2D eigenvalue weighted by molar-refractivity contribution is -0.130. The van der Waals surface area contributed by atoms with Crippen molar-refractivity contribution in [3.8, 4) is 0 Å². The monoisotopic (exact) mass is 174 g/mol. The normalized spacial score (nSPS) is 12.7. The third-order valence-corrected chi connectivity index (χ3v) is 1.37. The molecule has 0 aromatic heterocycles. The van der Waals surface area contributed by atoms with Gasteiger partial charge in [0.15, 0.2) is 0 Å². The molecular weight excluding hydrogens is 160 g/mol. The smallest absolute Gasteiger partial charge is 0.242 e. The molecule has 70 valence electrons. The van der Waals surface area contributed by atoms with Crippen LogP contribution in [0.25, 0.3) is 0 Å². The Morgan fingerprint density at radius 2 is 2.00 bits per heavy atom. The SMILES string of the molecule is CC(C)C(=O)NC(CO)C(N)=O. The summed E-state index contributed by atoms with van der Waals surface area (Å²) in [5.41, 5.74) is 4.88. The minimum Gasteiger partial charge on any atom is -0.394 e. The Hall–Kier alpha value is -1.10. The summed E-state index contributed by atoms with van der Waals surface area (Å²) in [5, 5.41) is 10.9. The van der Waals surface area contributed by atoms with Crippen molar-refractivity contribution >= 4 is 11.8 Å². The van der Waals surface area contributed by atoms with E-state index < -0.39 is 18.6 Å².